The molecule has 28 heavy (non-hydrogen) atoms. The monoisotopic (exact) mass is 386 g/mol. The minimum Gasteiger partial charge on any atom is -0.339 e. The fraction of sp³-hybridized carbons (Fsp3) is 0.105. The molecule has 9 heteroatoms. The lowest BCUT2D eigenvalue weighted by atomic mass is 10.1. The number of para-hydroxylation sites is 1. The van der Waals surface area contributed by atoms with Gasteiger partial charge in [-0.25, -0.2) is 14.3 Å². The Labute approximate surface area is 155 Å². The zero-order valence-electron chi connectivity index (χ0n) is 14.3. The minimum absolute atomic E-state index is 0.0486. The van der Waals surface area contributed by atoms with Gasteiger partial charge in [-0.2, -0.15) is 13.2 Å². The van der Waals surface area contributed by atoms with Crippen molar-refractivity contribution in [2.24, 2.45) is 0 Å². The summed E-state index contributed by atoms with van der Waals surface area (Å²) in [6, 6.07) is 13.4. The normalized spacial score (nSPS) is 11.8. The first-order chi connectivity index (χ1) is 13.4. The van der Waals surface area contributed by atoms with Gasteiger partial charge in [-0.1, -0.05) is 42.5 Å². The molecule has 0 saturated heterocycles. The van der Waals surface area contributed by atoms with Crippen LogP contribution in [0.2, 0.25) is 0 Å². The lowest BCUT2D eigenvalue weighted by Gasteiger charge is -2.16. The Morgan fingerprint density at radius 1 is 0.964 bits per heavy atom. The average Bonchev–Trinajstić information content (AvgIpc) is 3.15. The van der Waals surface area contributed by atoms with Crippen molar-refractivity contribution in [3.05, 3.63) is 92.9 Å². The number of imidazole rings is 1. The van der Waals surface area contributed by atoms with Crippen molar-refractivity contribution in [2.75, 3.05) is 0 Å². The number of hydrogen-bond donors (Lipinski definition) is 1. The van der Waals surface area contributed by atoms with E-state index in [-0.39, 0.29) is 23.4 Å². The molecule has 0 amide bonds. The van der Waals surface area contributed by atoms with Crippen molar-refractivity contribution in [2.45, 2.75) is 12.7 Å². The largest absolute Gasteiger partial charge is 0.418 e. The molecule has 0 spiro atoms. The maximum Gasteiger partial charge on any atom is 0.418 e. The van der Waals surface area contributed by atoms with Crippen LogP contribution in [0.25, 0.3) is 16.9 Å². The van der Waals surface area contributed by atoms with Crippen molar-refractivity contribution in [3.8, 4) is 5.69 Å². The molecular formula is C19H13F3N4O2. The summed E-state index contributed by atoms with van der Waals surface area (Å²) in [5.41, 5.74) is -2.47. The number of H-pyrrole nitrogens is 1. The zero-order chi connectivity index (χ0) is 19.9. The molecule has 0 fully saturated rings. The average molecular weight is 386 g/mol. The van der Waals surface area contributed by atoms with Gasteiger partial charge in [0.05, 0.1) is 24.1 Å². The molecular weight excluding hydrogens is 373 g/mol. The van der Waals surface area contributed by atoms with Crippen molar-refractivity contribution < 1.29 is 13.2 Å². The summed E-state index contributed by atoms with van der Waals surface area (Å²) in [7, 11) is 0. The van der Waals surface area contributed by atoms with Crippen LogP contribution < -0.4 is 11.2 Å². The van der Waals surface area contributed by atoms with Crippen LogP contribution in [0.15, 0.2) is 70.5 Å². The Morgan fingerprint density at radius 2 is 1.64 bits per heavy atom. The highest BCUT2D eigenvalue weighted by Gasteiger charge is 2.34. The van der Waals surface area contributed by atoms with Crippen LogP contribution in [0.4, 0.5) is 13.2 Å². The van der Waals surface area contributed by atoms with Crippen LogP contribution in [0.5, 0.6) is 0 Å². The van der Waals surface area contributed by atoms with Gasteiger partial charge in [0, 0.05) is 0 Å². The molecule has 0 aliphatic carbocycles. The van der Waals surface area contributed by atoms with E-state index in [4.69, 9.17) is 0 Å². The van der Waals surface area contributed by atoms with E-state index in [2.05, 4.69) is 9.97 Å². The summed E-state index contributed by atoms with van der Waals surface area (Å²) in [6.45, 7) is -0.0817. The number of fused-ring (bicyclic) bond motifs is 1. The van der Waals surface area contributed by atoms with E-state index in [0.29, 0.717) is 5.56 Å². The van der Waals surface area contributed by atoms with Crippen molar-refractivity contribution in [3.63, 3.8) is 0 Å². The summed E-state index contributed by atoms with van der Waals surface area (Å²) in [4.78, 5) is 32.4. The lowest BCUT2D eigenvalue weighted by Crippen LogP contribution is -2.40. The highest BCUT2D eigenvalue weighted by Crippen LogP contribution is 2.33. The summed E-state index contributed by atoms with van der Waals surface area (Å²) in [5.74, 6) is 0. The number of rotatable bonds is 3. The van der Waals surface area contributed by atoms with Gasteiger partial charge in [-0.05, 0) is 17.7 Å². The van der Waals surface area contributed by atoms with E-state index in [0.717, 1.165) is 15.2 Å². The fourth-order valence-corrected chi connectivity index (χ4v) is 3.08. The topological polar surface area (TPSA) is 72.7 Å². The predicted molar refractivity (Wildman–Crippen MR) is 96.5 cm³/mol. The molecule has 0 unspecified atom stereocenters. The van der Waals surface area contributed by atoms with Gasteiger partial charge in [-0.3, -0.25) is 9.36 Å². The van der Waals surface area contributed by atoms with E-state index in [1.54, 1.807) is 30.3 Å². The smallest absolute Gasteiger partial charge is 0.339 e. The molecule has 4 aromatic rings. The molecule has 0 radical (unpaired) electrons. The number of alkyl halides is 3. The van der Waals surface area contributed by atoms with Crippen molar-refractivity contribution in [1.82, 2.24) is 19.1 Å². The Morgan fingerprint density at radius 3 is 2.36 bits per heavy atom. The standard InChI is InChI=1S/C19H13F3N4O2/c20-19(21,22)13-8-4-5-9-14(13)26-16-15(23-11-24-16)17(27)25(18(26)28)10-12-6-2-1-3-7-12/h1-9,11H,10H2,(H,23,24). The van der Waals surface area contributed by atoms with Gasteiger partial charge in [0.25, 0.3) is 5.56 Å². The van der Waals surface area contributed by atoms with Crippen LogP contribution in [-0.2, 0) is 12.7 Å². The molecule has 6 nitrogen and oxygen atoms in total. The Hall–Kier alpha value is -3.62. The number of aromatic amines is 1. The van der Waals surface area contributed by atoms with Crippen LogP contribution in [0, 0.1) is 0 Å². The molecule has 0 bridgehead atoms. The summed E-state index contributed by atoms with van der Waals surface area (Å²) >= 11 is 0. The van der Waals surface area contributed by atoms with Crippen molar-refractivity contribution >= 4 is 11.2 Å². The summed E-state index contributed by atoms with van der Waals surface area (Å²) in [6.07, 6.45) is -3.51. The first-order valence-electron chi connectivity index (χ1n) is 8.27. The molecule has 0 aliphatic heterocycles. The number of benzene rings is 2. The zero-order valence-corrected chi connectivity index (χ0v) is 14.3. The first kappa shape index (κ1) is 17.8. The number of nitrogens with one attached hydrogen (secondary N) is 1. The highest BCUT2D eigenvalue weighted by molar-refractivity contribution is 5.72. The minimum atomic E-state index is -4.68. The van der Waals surface area contributed by atoms with Crippen LogP contribution in [0.3, 0.4) is 0 Å². The van der Waals surface area contributed by atoms with Gasteiger partial charge in [0.1, 0.15) is 5.52 Å². The first-order valence-corrected chi connectivity index (χ1v) is 8.27. The Balaban J connectivity index is 2.05. The number of hydrogen-bond acceptors (Lipinski definition) is 3. The summed E-state index contributed by atoms with van der Waals surface area (Å²) in [5, 5.41) is 0. The lowest BCUT2D eigenvalue weighted by molar-refractivity contribution is -0.137. The number of halogens is 3. The van der Waals surface area contributed by atoms with Gasteiger partial charge in [-0.15, -0.1) is 0 Å². The molecule has 0 aliphatic rings. The fourth-order valence-electron chi connectivity index (χ4n) is 3.08. The molecule has 2 aromatic heterocycles. The second-order valence-corrected chi connectivity index (χ2v) is 6.11. The second-order valence-electron chi connectivity index (χ2n) is 6.11. The van der Waals surface area contributed by atoms with Crippen LogP contribution in [-0.4, -0.2) is 19.1 Å². The van der Waals surface area contributed by atoms with Gasteiger partial charge < -0.3 is 4.98 Å². The summed E-state index contributed by atoms with van der Waals surface area (Å²) < 4.78 is 42.2. The van der Waals surface area contributed by atoms with E-state index in [1.165, 1.54) is 24.5 Å². The van der Waals surface area contributed by atoms with E-state index in [9.17, 15) is 22.8 Å². The Bertz CT molecular complexity index is 1270. The van der Waals surface area contributed by atoms with E-state index >= 15 is 0 Å². The van der Waals surface area contributed by atoms with Gasteiger partial charge >= 0.3 is 11.9 Å². The quantitative estimate of drug-likeness (QED) is 0.588. The number of nitrogens with zero attached hydrogens (tertiary/aromatic N) is 3. The molecule has 0 atom stereocenters. The van der Waals surface area contributed by atoms with Crippen LogP contribution in [0.1, 0.15) is 11.1 Å². The molecule has 1 N–H and O–H groups in total. The third kappa shape index (κ3) is 2.90. The molecule has 142 valence electrons. The van der Waals surface area contributed by atoms with E-state index < -0.39 is 23.0 Å². The maximum atomic E-state index is 13.5. The SMILES string of the molecule is O=c1c2[nH]cnc2n(-c2ccccc2C(F)(F)F)c(=O)n1Cc1ccccc1. The van der Waals surface area contributed by atoms with Gasteiger partial charge in [0.2, 0.25) is 0 Å². The van der Waals surface area contributed by atoms with Gasteiger partial charge in [0.15, 0.2) is 5.65 Å². The third-order valence-corrected chi connectivity index (χ3v) is 4.35. The van der Waals surface area contributed by atoms with E-state index in [1.807, 2.05) is 0 Å². The molecule has 4 rings (SSSR count). The number of aromatic nitrogens is 4. The molecule has 2 aromatic carbocycles. The molecule has 0 saturated carbocycles. The predicted octanol–water partition coefficient (Wildman–Crippen LogP) is 2.94. The highest BCUT2D eigenvalue weighted by atomic mass is 19.4. The maximum absolute atomic E-state index is 13.5. The van der Waals surface area contributed by atoms with Crippen LogP contribution >= 0.6 is 0 Å². The molecule has 2 heterocycles. The second kappa shape index (κ2) is 6.52. The van der Waals surface area contributed by atoms with Crippen molar-refractivity contribution in [1.29, 1.82) is 0 Å². The third-order valence-electron chi connectivity index (χ3n) is 4.35. The Kier molecular flexibility index (Phi) is 4.14.